The molecule has 5 heteroatoms. The molecular formula is C18H24N4S. The molecule has 0 bridgehead atoms. The second-order valence-corrected chi connectivity index (χ2v) is 6.94. The zero-order valence-electron chi connectivity index (χ0n) is 13.7. The molecule has 1 fully saturated rings. The predicted molar refractivity (Wildman–Crippen MR) is 101 cm³/mol. The molecule has 3 rings (SSSR count). The molecule has 1 saturated heterocycles. The van der Waals surface area contributed by atoms with Gasteiger partial charge in [0.15, 0.2) is 0 Å². The Morgan fingerprint density at radius 2 is 1.70 bits per heavy atom. The van der Waals surface area contributed by atoms with E-state index in [1.807, 2.05) is 13.0 Å². The molecule has 0 unspecified atom stereocenters. The summed E-state index contributed by atoms with van der Waals surface area (Å²) in [4.78, 5) is 5.93. The first-order valence-corrected chi connectivity index (χ1v) is 8.76. The first kappa shape index (κ1) is 16.0. The number of hydrogen-bond donors (Lipinski definition) is 2. The normalized spacial score (nSPS) is 15.7. The smallest absolute Gasteiger partial charge is 0.0444 e. The second-order valence-electron chi connectivity index (χ2n) is 6.06. The van der Waals surface area contributed by atoms with Crippen LogP contribution in [0.3, 0.4) is 0 Å². The molecular weight excluding hydrogens is 304 g/mol. The fraction of sp³-hybridized carbons (Fsp3) is 0.333. The molecule has 1 aliphatic rings. The molecule has 1 heterocycles. The van der Waals surface area contributed by atoms with Crippen LogP contribution in [0.25, 0.3) is 0 Å². The topological polar surface area (TPSA) is 44.5 Å². The Morgan fingerprint density at radius 3 is 2.35 bits per heavy atom. The third-order valence-electron chi connectivity index (χ3n) is 4.27. The number of nitrogens with two attached hydrogens (primary N) is 1. The van der Waals surface area contributed by atoms with Gasteiger partial charge in [-0.25, -0.2) is 0 Å². The van der Waals surface area contributed by atoms with E-state index in [9.17, 15) is 0 Å². The van der Waals surface area contributed by atoms with Crippen molar-refractivity contribution in [3.05, 3.63) is 48.0 Å². The first-order valence-electron chi connectivity index (χ1n) is 7.94. The maximum Gasteiger partial charge on any atom is 0.0444 e. The van der Waals surface area contributed by atoms with Gasteiger partial charge in [-0.1, -0.05) is 6.07 Å². The number of nitrogens with one attached hydrogen (secondary N) is 1. The maximum absolute atomic E-state index is 5.95. The molecule has 0 spiro atoms. The number of hydrogen-bond acceptors (Lipinski definition) is 5. The summed E-state index contributed by atoms with van der Waals surface area (Å²) in [5.41, 5.74) is 10.3. The number of benzene rings is 2. The number of nitrogen functional groups attached to an aromatic ring is 1. The first-order chi connectivity index (χ1) is 11.1. The van der Waals surface area contributed by atoms with Crippen LogP contribution in [-0.4, -0.2) is 38.1 Å². The Labute approximate surface area is 142 Å². The van der Waals surface area contributed by atoms with Crippen LogP contribution in [0.2, 0.25) is 0 Å². The minimum Gasteiger partial charge on any atom is -0.398 e. The summed E-state index contributed by atoms with van der Waals surface area (Å²) in [6.07, 6.45) is 0. The summed E-state index contributed by atoms with van der Waals surface area (Å²) in [5, 5.41) is 0. The Hall–Kier alpha value is -1.85. The summed E-state index contributed by atoms with van der Waals surface area (Å²) < 4.78 is 3.38. The van der Waals surface area contributed by atoms with Gasteiger partial charge in [-0.05, 0) is 67.9 Å². The van der Waals surface area contributed by atoms with Gasteiger partial charge < -0.3 is 20.3 Å². The highest BCUT2D eigenvalue weighted by molar-refractivity contribution is 8.00. The lowest BCUT2D eigenvalue weighted by molar-refractivity contribution is 0.313. The van der Waals surface area contributed by atoms with E-state index in [1.165, 1.54) is 5.69 Å². The third-order valence-corrected chi connectivity index (χ3v) is 5.10. The number of rotatable bonds is 4. The van der Waals surface area contributed by atoms with Crippen molar-refractivity contribution in [2.75, 3.05) is 48.6 Å². The van der Waals surface area contributed by atoms with Gasteiger partial charge in [-0.2, -0.15) is 0 Å². The molecule has 0 saturated carbocycles. The third kappa shape index (κ3) is 4.12. The highest BCUT2D eigenvalue weighted by Gasteiger charge is 2.13. The Balaban J connectivity index is 1.58. The van der Waals surface area contributed by atoms with Crippen LogP contribution in [0.1, 0.15) is 5.56 Å². The van der Waals surface area contributed by atoms with E-state index in [0.29, 0.717) is 0 Å². The van der Waals surface area contributed by atoms with Crippen LogP contribution in [0.5, 0.6) is 0 Å². The van der Waals surface area contributed by atoms with Crippen molar-refractivity contribution >= 4 is 29.0 Å². The van der Waals surface area contributed by atoms with Gasteiger partial charge in [0, 0.05) is 48.1 Å². The minimum absolute atomic E-state index is 0.835. The Bertz CT molecular complexity index is 649. The minimum atomic E-state index is 0.835. The number of piperazine rings is 1. The van der Waals surface area contributed by atoms with Gasteiger partial charge in [0.2, 0.25) is 0 Å². The highest BCUT2D eigenvalue weighted by Crippen LogP contribution is 2.26. The van der Waals surface area contributed by atoms with E-state index in [-0.39, 0.29) is 0 Å². The monoisotopic (exact) mass is 328 g/mol. The summed E-state index contributed by atoms with van der Waals surface area (Å²) in [7, 11) is 2.18. The molecule has 0 amide bonds. The van der Waals surface area contributed by atoms with Crippen LogP contribution in [0.4, 0.5) is 17.1 Å². The summed E-state index contributed by atoms with van der Waals surface area (Å²) >= 11 is 1.59. The molecule has 0 radical (unpaired) electrons. The average molecular weight is 328 g/mol. The lowest BCUT2D eigenvalue weighted by atomic mass is 10.2. The molecule has 2 aromatic rings. The van der Waals surface area contributed by atoms with Crippen molar-refractivity contribution in [3.63, 3.8) is 0 Å². The van der Waals surface area contributed by atoms with E-state index >= 15 is 0 Å². The Morgan fingerprint density at radius 1 is 1.00 bits per heavy atom. The van der Waals surface area contributed by atoms with Crippen LogP contribution >= 0.6 is 11.9 Å². The summed E-state index contributed by atoms with van der Waals surface area (Å²) in [6.45, 7) is 6.48. The largest absolute Gasteiger partial charge is 0.398 e. The number of likely N-dealkylation sites (N-methyl/N-ethyl adjacent to an activating group) is 1. The van der Waals surface area contributed by atoms with Crippen LogP contribution in [0.15, 0.2) is 47.4 Å². The van der Waals surface area contributed by atoms with Crippen molar-refractivity contribution in [2.24, 2.45) is 0 Å². The second kappa shape index (κ2) is 7.15. The molecule has 0 aliphatic carbocycles. The zero-order valence-corrected chi connectivity index (χ0v) is 14.6. The number of nitrogens with zero attached hydrogens (tertiary/aromatic N) is 2. The van der Waals surface area contributed by atoms with Crippen LogP contribution in [0, 0.1) is 6.92 Å². The van der Waals surface area contributed by atoms with Crippen molar-refractivity contribution in [1.29, 1.82) is 0 Å². The standard InChI is InChI=1S/C18H24N4S/c1-14-3-8-17(13-18(14)19)23-20-15-4-6-16(7-5-15)22-11-9-21(2)10-12-22/h3-8,13,20H,9-12,19H2,1-2H3. The van der Waals surface area contributed by atoms with E-state index in [1.54, 1.807) is 11.9 Å². The maximum atomic E-state index is 5.95. The number of aryl methyl sites for hydroxylation is 1. The highest BCUT2D eigenvalue weighted by atomic mass is 32.2. The Kier molecular flexibility index (Phi) is 4.98. The fourth-order valence-electron chi connectivity index (χ4n) is 2.60. The fourth-order valence-corrected chi connectivity index (χ4v) is 3.30. The van der Waals surface area contributed by atoms with Gasteiger partial charge in [0.05, 0.1) is 0 Å². The van der Waals surface area contributed by atoms with E-state index < -0.39 is 0 Å². The predicted octanol–water partition coefficient (Wildman–Crippen LogP) is 3.45. The lowest BCUT2D eigenvalue weighted by Crippen LogP contribution is -2.44. The van der Waals surface area contributed by atoms with Crippen molar-refractivity contribution in [2.45, 2.75) is 11.8 Å². The van der Waals surface area contributed by atoms with Crippen LogP contribution < -0.4 is 15.4 Å². The molecule has 4 nitrogen and oxygen atoms in total. The SMILES string of the molecule is Cc1ccc(SNc2ccc(N3CCN(C)CC3)cc2)cc1N. The lowest BCUT2D eigenvalue weighted by Gasteiger charge is -2.34. The molecule has 2 aromatic carbocycles. The molecule has 1 aliphatic heterocycles. The van der Waals surface area contributed by atoms with Crippen molar-refractivity contribution < 1.29 is 0 Å². The van der Waals surface area contributed by atoms with Crippen molar-refractivity contribution in [1.82, 2.24) is 4.90 Å². The summed E-state index contributed by atoms with van der Waals surface area (Å²) in [5.74, 6) is 0. The van der Waals surface area contributed by atoms with Gasteiger partial charge >= 0.3 is 0 Å². The summed E-state index contributed by atoms with van der Waals surface area (Å²) in [6, 6.07) is 14.8. The van der Waals surface area contributed by atoms with E-state index in [2.05, 4.69) is 58.0 Å². The molecule has 3 N–H and O–H groups in total. The quantitative estimate of drug-likeness (QED) is 0.665. The molecule has 23 heavy (non-hydrogen) atoms. The molecule has 0 aromatic heterocycles. The average Bonchev–Trinajstić information content (AvgIpc) is 2.57. The molecule has 0 atom stereocenters. The number of anilines is 3. The van der Waals surface area contributed by atoms with E-state index in [0.717, 1.165) is 48.0 Å². The van der Waals surface area contributed by atoms with Gasteiger partial charge in [-0.3, -0.25) is 0 Å². The van der Waals surface area contributed by atoms with E-state index in [4.69, 9.17) is 5.73 Å². The van der Waals surface area contributed by atoms with Gasteiger partial charge in [0.1, 0.15) is 0 Å². The molecule has 122 valence electrons. The van der Waals surface area contributed by atoms with Gasteiger partial charge in [0.25, 0.3) is 0 Å². The van der Waals surface area contributed by atoms with Gasteiger partial charge in [-0.15, -0.1) is 0 Å². The van der Waals surface area contributed by atoms with Crippen molar-refractivity contribution in [3.8, 4) is 0 Å². The zero-order chi connectivity index (χ0) is 16.2. The van der Waals surface area contributed by atoms with Crippen LogP contribution in [-0.2, 0) is 0 Å².